The van der Waals surface area contributed by atoms with Crippen LogP contribution in [-0.4, -0.2) is 51.7 Å². The molecule has 1 aliphatic carbocycles. The molecule has 1 atom stereocenters. The van der Waals surface area contributed by atoms with Gasteiger partial charge in [-0.3, -0.25) is 4.79 Å². The van der Waals surface area contributed by atoms with Gasteiger partial charge in [0.1, 0.15) is 5.82 Å². The Hall–Kier alpha value is -1.62. The minimum absolute atomic E-state index is 0.138. The Morgan fingerprint density at radius 3 is 2.62 bits per heavy atom. The third-order valence-electron chi connectivity index (χ3n) is 5.80. The fourth-order valence-corrected chi connectivity index (χ4v) is 6.42. The molecule has 1 saturated carbocycles. The van der Waals surface area contributed by atoms with E-state index in [-0.39, 0.29) is 16.5 Å². The fourth-order valence-electron chi connectivity index (χ4n) is 3.79. The van der Waals surface area contributed by atoms with Gasteiger partial charge in [-0.1, -0.05) is 29.8 Å². The number of rotatable bonds is 8. The summed E-state index contributed by atoms with van der Waals surface area (Å²) in [5.74, 6) is 1.19. The number of carbonyl (C=O) groups excluding carboxylic acids is 1. The van der Waals surface area contributed by atoms with Gasteiger partial charge in [0, 0.05) is 25.6 Å². The van der Waals surface area contributed by atoms with Crippen LogP contribution in [0, 0.1) is 0 Å². The molecule has 1 aromatic heterocycles. The summed E-state index contributed by atoms with van der Waals surface area (Å²) in [5, 5.41) is 11.9. The molecule has 1 N–H and O–H groups in total. The molecule has 1 aliphatic heterocycles. The molecule has 0 radical (unpaired) electrons. The number of aromatic nitrogens is 3. The highest BCUT2D eigenvalue weighted by Crippen LogP contribution is 2.40. The van der Waals surface area contributed by atoms with Crippen molar-refractivity contribution in [2.24, 2.45) is 0 Å². The van der Waals surface area contributed by atoms with E-state index in [2.05, 4.69) is 20.1 Å². The molecule has 2 aromatic rings. The van der Waals surface area contributed by atoms with Gasteiger partial charge < -0.3 is 9.88 Å². The molecule has 32 heavy (non-hydrogen) atoms. The van der Waals surface area contributed by atoms with E-state index in [1.54, 1.807) is 6.92 Å². The van der Waals surface area contributed by atoms with E-state index in [0.717, 1.165) is 44.5 Å². The number of nitrogens with one attached hydrogen (secondary N) is 1. The first-order valence-electron chi connectivity index (χ1n) is 11.0. The first kappa shape index (κ1) is 23.5. The zero-order chi connectivity index (χ0) is 22.9. The lowest BCUT2D eigenvalue weighted by Crippen LogP contribution is -2.35. The third kappa shape index (κ3) is 4.98. The maximum Gasteiger partial charge on any atom is 0.243 e. The second kappa shape index (κ2) is 9.70. The minimum atomic E-state index is -3.62. The smallest absolute Gasteiger partial charge is 0.243 e. The van der Waals surface area contributed by atoms with Crippen molar-refractivity contribution in [3.05, 3.63) is 29.0 Å². The van der Waals surface area contributed by atoms with Crippen LogP contribution in [0.5, 0.6) is 0 Å². The van der Waals surface area contributed by atoms with E-state index in [9.17, 15) is 13.2 Å². The average Bonchev–Trinajstić information content (AvgIpc) is 3.56. The van der Waals surface area contributed by atoms with E-state index in [1.165, 1.54) is 34.3 Å². The van der Waals surface area contributed by atoms with Crippen LogP contribution in [0.15, 0.2) is 28.3 Å². The second-order valence-corrected chi connectivity index (χ2v) is 11.9. The number of piperidine rings is 1. The SMILES string of the molecule is CCn1c(SC(C)C(=O)Nc2cc(S(=O)(=O)N3CCCCC3)ccc2Cl)nnc1C1CC1. The van der Waals surface area contributed by atoms with Crippen LogP contribution in [0.2, 0.25) is 5.02 Å². The van der Waals surface area contributed by atoms with Crippen molar-refractivity contribution in [1.82, 2.24) is 19.1 Å². The molecule has 4 rings (SSSR count). The second-order valence-electron chi connectivity index (χ2n) is 8.22. The van der Waals surface area contributed by atoms with Crippen molar-refractivity contribution in [3.8, 4) is 0 Å². The topological polar surface area (TPSA) is 97.2 Å². The van der Waals surface area contributed by atoms with Crippen molar-refractivity contribution in [3.63, 3.8) is 0 Å². The summed E-state index contributed by atoms with van der Waals surface area (Å²) in [6.45, 7) is 5.60. The number of carbonyl (C=O) groups is 1. The molecule has 2 heterocycles. The maximum absolute atomic E-state index is 13.0. The summed E-state index contributed by atoms with van der Waals surface area (Å²) in [4.78, 5) is 13.0. The number of anilines is 1. The Labute approximate surface area is 198 Å². The lowest BCUT2D eigenvalue weighted by molar-refractivity contribution is -0.115. The Bertz CT molecular complexity index is 1090. The van der Waals surface area contributed by atoms with E-state index in [4.69, 9.17) is 11.6 Å². The number of sulfonamides is 1. The molecule has 8 nitrogen and oxygen atoms in total. The predicted octanol–water partition coefficient (Wildman–Crippen LogP) is 4.12. The summed E-state index contributed by atoms with van der Waals surface area (Å²) in [7, 11) is -3.62. The number of amides is 1. The van der Waals surface area contributed by atoms with Gasteiger partial charge in [-0.15, -0.1) is 10.2 Å². The highest BCUT2D eigenvalue weighted by atomic mass is 35.5. The zero-order valence-corrected chi connectivity index (χ0v) is 20.6. The Kier molecular flexibility index (Phi) is 7.14. The van der Waals surface area contributed by atoms with Crippen LogP contribution < -0.4 is 5.32 Å². The Balaban J connectivity index is 1.47. The van der Waals surface area contributed by atoms with Crippen molar-refractivity contribution in [1.29, 1.82) is 0 Å². The Morgan fingerprint density at radius 1 is 1.25 bits per heavy atom. The van der Waals surface area contributed by atoms with Gasteiger partial charge in [0.05, 0.1) is 20.9 Å². The minimum Gasteiger partial charge on any atom is -0.324 e. The van der Waals surface area contributed by atoms with Gasteiger partial charge in [0.2, 0.25) is 15.9 Å². The number of halogens is 1. The van der Waals surface area contributed by atoms with E-state index in [1.807, 2.05) is 6.92 Å². The lowest BCUT2D eigenvalue weighted by Gasteiger charge is -2.26. The summed E-state index contributed by atoms with van der Waals surface area (Å²) in [6.07, 6.45) is 5.02. The number of benzene rings is 1. The molecule has 2 fully saturated rings. The molecule has 0 bridgehead atoms. The van der Waals surface area contributed by atoms with Gasteiger partial charge in [0.25, 0.3) is 0 Å². The van der Waals surface area contributed by atoms with Gasteiger partial charge in [0.15, 0.2) is 5.16 Å². The van der Waals surface area contributed by atoms with Crippen molar-refractivity contribution >= 4 is 45.0 Å². The standard InChI is InChI=1S/C21H28ClN5O3S2/c1-3-27-19(15-7-8-15)24-25-21(27)31-14(2)20(28)23-18-13-16(9-10-17(18)22)32(29,30)26-11-5-4-6-12-26/h9-10,13-15H,3-8,11-12H2,1-2H3,(H,23,28). The van der Waals surface area contributed by atoms with E-state index < -0.39 is 15.3 Å². The van der Waals surface area contributed by atoms with Crippen molar-refractivity contribution in [2.45, 2.75) is 73.7 Å². The fraction of sp³-hybridized carbons (Fsp3) is 0.571. The lowest BCUT2D eigenvalue weighted by atomic mass is 10.2. The largest absolute Gasteiger partial charge is 0.324 e. The first-order valence-corrected chi connectivity index (χ1v) is 13.7. The monoisotopic (exact) mass is 497 g/mol. The molecule has 174 valence electrons. The zero-order valence-electron chi connectivity index (χ0n) is 18.3. The van der Waals surface area contributed by atoms with Crippen molar-refractivity contribution < 1.29 is 13.2 Å². The van der Waals surface area contributed by atoms with Crippen LogP contribution >= 0.6 is 23.4 Å². The number of thioether (sulfide) groups is 1. The van der Waals surface area contributed by atoms with Gasteiger partial charge >= 0.3 is 0 Å². The summed E-state index contributed by atoms with van der Waals surface area (Å²) >= 11 is 7.61. The Morgan fingerprint density at radius 2 is 1.97 bits per heavy atom. The highest BCUT2D eigenvalue weighted by Gasteiger charge is 2.31. The number of nitrogens with zero attached hydrogens (tertiary/aromatic N) is 4. The highest BCUT2D eigenvalue weighted by molar-refractivity contribution is 8.00. The molecule has 0 spiro atoms. The normalized spacial score (nSPS) is 18.5. The van der Waals surface area contributed by atoms with Crippen LogP contribution in [0.25, 0.3) is 0 Å². The van der Waals surface area contributed by atoms with Crippen LogP contribution in [0.3, 0.4) is 0 Å². The summed E-state index contributed by atoms with van der Waals surface area (Å²) < 4.78 is 29.5. The molecule has 1 saturated heterocycles. The average molecular weight is 498 g/mol. The van der Waals surface area contributed by atoms with Gasteiger partial charge in [-0.25, -0.2) is 8.42 Å². The van der Waals surface area contributed by atoms with Crippen molar-refractivity contribution in [2.75, 3.05) is 18.4 Å². The summed E-state index contributed by atoms with van der Waals surface area (Å²) in [6, 6.07) is 4.45. The predicted molar refractivity (Wildman–Crippen MR) is 126 cm³/mol. The molecule has 2 aliphatic rings. The van der Waals surface area contributed by atoms with Crippen LogP contribution in [0.4, 0.5) is 5.69 Å². The molecular weight excluding hydrogens is 470 g/mol. The van der Waals surface area contributed by atoms with Crippen LogP contribution in [-0.2, 0) is 21.4 Å². The molecule has 1 amide bonds. The number of hydrogen-bond donors (Lipinski definition) is 1. The molecule has 11 heteroatoms. The third-order valence-corrected chi connectivity index (χ3v) is 9.11. The van der Waals surface area contributed by atoms with E-state index >= 15 is 0 Å². The quantitative estimate of drug-likeness (QED) is 0.551. The maximum atomic E-state index is 13.0. The molecular formula is C21H28ClN5O3S2. The van der Waals surface area contributed by atoms with Gasteiger partial charge in [-0.05, 0) is 57.7 Å². The molecule has 1 unspecified atom stereocenters. The van der Waals surface area contributed by atoms with Gasteiger partial charge in [-0.2, -0.15) is 4.31 Å². The first-order chi connectivity index (χ1) is 15.3. The van der Waals surface area contributed by atoms with Crippen LogP contribution in [0.1, 0.15) is 57.7 Å². The summed E-state index contributed by atoms with van der Waals surface area (Å²) in [5.41, 5.74) is 0.290. The van der Waals surface area contributed by atoms with E-state index in [0.29, 0.717) is 29.2 Å². The molecule has 1 aromatic carbocycles. The number of hydrogen-bond acceptors (Lipinski definition) is 6.